The molecule has 1 nitrogen and oxygen atoms in total. The predicted octanol–water partition coefficient (Wildman–Crippen LogP) is 2.59. The van der Waals surface area contributed by atoms with Gasteiger partial charge in [-0.2, -0.15) is 0 Å². The molecule has 0 spiro atoms. The summed E-state index contributed by atoms with van der Waals surface area (Å²) in [6, 6.07) is 1.45. The van der Waals surface area contributed by atoms with Gasteiger partial charge in [0.05, 0.1) is 0 Å². The zero-order valence-electron chi connectivity index (χ0n) is 7.60. The maximum Gasteiger partial charge on any atom is 0.157 e. The molecule has 2 N–H and O–H groups in total. The minimum atomic E-state index is -1.39. The van der Waals surface area contributed by atoms with E-state index in [2.05, 4.69) is 0 Å². The molecule has 0 amide bonds. The van der Waals surface area contributed by atoms with E-state index < -0.39 is 11.7 Å². The van der Waals surface area contributed by atoms with Crippen LogP contribution in [0.25, 0.3) is 0 Å². The fourth-order valence-electron chi connectivity index (χ4n) is 1.08. The smallest absolute Gasteiger partial charge is 0.157 e. The molecule has 0 aliphatic heterocycles. The third-order valence-corrected chi connectivity index (χ3v) is 3.39. The van der Waals surface area contributed by atoms with Crippen LogP contribution in [0, 0.1) is 6.92 Å². The van der Waals surface area contributed by atoms with Gasteiger partial charge in [0, 0.05) is 10.9 Å². The standard InChI is InChI=1S/C9H14FNS/c1-6-4-5-12-8(6)9(3,10)7(2)11/h4-5,7H,11H2,1-3H3. The number of nitrogens with two attached hydrogens (primary N) is 1. The van der Waals surface area contributed by atoms with Crippen LogP contribution in [0.1, 0.15) is 24.3 Å². The lowest BCUT2D eigenvalue weighted by molar-refractivity contribution is 0.162. The highest BCUT2D eigenvalue weighted by atomic mass is 32.1. The van der Waals surface area contributed by atoms with Gasteiger partial charge in [-0.3, -0.25) is 0 Å². The molecular formula is C9H14FNS. The Morgan fingerprint density at radius 1 is 1.67 bits per heavy atom. The van der Waals surface area contributed by atoms with E-state index in [0.29, 0.717) is 0 Å². The summed E-state index contributed by atoms with van der Waals surface area (Å²) in [5.41, 5.74) is 5.16. The van der Waals surface area contributed by atoms with E-state index in [-0.39, 0.29) is 0 Å². The number of thiophene rings is 1. The van der Waals surface area contributed by atoms with Crippen LogP contribution in [0.15, 0.2) is 11.4 Å². The van der Waals surface area contributed by atoms with Crippen LogP contribution in [0.5, 0.6) is 0 Å². The Labute approximate surface area is 76.4 Å². The van der Waals surface area contributed by atoms with Gasteiger partial charge in [-0.15, -0.1) is 11.3 Å². The zero-order chi connectivity index (χ0) is 9.35. The molecule has 3 heteroatoms. The first kappa shape index (κ1) is 9.68. The Hall–Kier alpha value is -0.410. The lowest BCUT2D eigenvalue weighted by Crippen LogP contribution is -2.36. The second-order valence-electron chi connectivity index (χ2n) is 3.30. The minimum absolute atomic E-state index is 0.463. The van der Waals surface area contributed by atoms with Crippen LogP contribution in [-0.2, 0) is 5.67 Å². The Morgan fingerprint density at radius 2 is 2.25 bits per heavy atom. The van der Waals surface area contributed by atoms with E-state index >= 15 is 0 Å². The number of hydrogen-bond acceptors (Lipinski definition) is 2. The van der Waals surface area contributed by atoms with Gasteiger partial charge in [0.25, 0.3) is 0 Å². The van der Waals surface area contributed by atoms with E-state index in [1.807, 2.05) is 18.4 Å². The first-order chi connectivity index (χ1) is 5.46. The van der Waals surface area contributed by atoms with Crippen molar-refractivity contribution in [3.05, 3.63) is 21.9 Å². The van der Waals surface area contributed by atoms with E-state index in [9.17, 15) is 4.39 Å². The minimum Gasteiger partial charge on any atom is -0.325 e. The molecule has 2 unspecified atom stereocenters. The number of aryl methyl sites for hydroxylation is 1. The van der Waals surface area contributed by atoms with Gasteiger partial charge in [-0.25, -0.2) is 4.39 Å². The number of rotatable bonds is 2. The predicted molar refractivity (Wildman–Crippen MR) is 51.2 cm³/mol. The summed E-state index contributed by atoms with van der Waals surface area (Å²) >= 11 is 1.43. The third-order valence-electron chi connectivity index (χ3n) is 2.16. The van der Waals surface area contributed by atoms with Gasteiger partial charge in [-0.05, 0) is 37.8 Å². The molecule has 2 atom stereocenters. The molecule has 0 saturated heterocycles. The maximum absolute atomic E-state index is 13.9. The second-order valence-corrected chi connectivity index (χ2v) is 4.21. The van der Waals surface area contributed by atoms with E-state index in [1.165, 1.54) is 18.3 Å². The molecule has 0 aliphatic rings. The summed E-state index contributed by atoms with van der Waals surface area (Å²) < 4.78 is 13.9. The van der Waals surface area contributed by atoms with Crippen molar-refractivity contribution >= 4 is 11.3 Å². The molecule has 1 aromatic heterocycles. The van der Waals surface area contributed by atoms with Crippen LogP contribution >= 0.6 is 11.3 Å². The van der Waals surface area contributed by atoms with Crippen molar-refractivity contribution in [2.24, 2.45) is 5.73 Å². The molecule has 0 aromatic carbocycles. The molecule has 68 valence electrons. The van der Waals surface area contributed by atoms with E-state index in [0.717, 1.165) is 10.4 Å². The summed E-state index contributed by atoms with van der Waals surface area (Å²) in [6.07, 6.45) is 0. The topological polar surface area (TPSA) is 26.0 Å². The summed E-state index contributed by atoms with van der Waals surface area (Å²) in [6.45, 7) is 5.14. The molecule has 0 fully saturated rings. The summed E-state index contributed by atoms with van der Waals surface area (Å²) in [5, 5.41) is 1.89. The number of alkyl halides is 1. The lowest BCUT2D eigenvalue weighted by Gasteiger charge is -2.24. The zero-order valence-corrected chi connectivity index (χ0v) is 8.41. The quantitative estimate of drug-likeness (QED) is 0.756. The molecule has 0 saturated carbocycles. The Bertz CT molecular complexity index is 265. The van der Waals surface area contributed by atoms with Gasteiger partial charge in [0.2, 0.25) is 0 Å². The average Bonchev–Trinajstić information content (AvgIpc) is 2.35. The highest BCUT2D eigenvalue weighted by molar-refractivity contribution is 7.10. The highest BCUT2D eigenvalue weighted by Crippen LogP contribution is 2.34. The first-order valence-electron chi connectivity index (χ1n) is 3.95. The van der Waals surface area contributed by atoms with Gasteiger partial charge in [0.1, 0.15) is 0 Å². The fourth-order valence-corrected chi connectivity index (χ4v) is 2.16. The summed E-state index contributed by atoms with van der Waals surface area (Å²) in [4.78, 5) is 0.748. The normalized spacial score (nSPS) is 18.8. The van der Waals surface area contributed by atoms with Gasteiger partial charge >= 0.3 is 0 Å². The SMILES string of the molecule is Cc1ccsc1C(C)(F)C(C)N. The number of hydrogen-bond donors (Lipinski definition) is 1. The molecule has 1 heterocycles. The molecule has 12 heavy (non-hydrogen) atoms. The second kappa shape index (κ2) is 3.15. The average molecular weight is 187 g/mol. The van der Waals surface area contributed by atoms with Crippen molar-refractivity contribution in [2.45, 2.75) is 32.5 Å². The van der Waals surface area contributed by atoms with Crippen molar-refractivity contribution in [1.82, 2.24) is 0 Å². The van der Waals surface area contributed by atoms with Gasteiger partial charge < -0.3 is 5.73 Å². The van der Waals surface area contributed by atoms with Crippen LogP contribution in [-0.4, -0.2) is 6.04 Å². The Balaban J connectivity index is 3.05. The van der Waals surface area contributed by atoms with Crippen LogP contribution in [0.4, 0.5) is 4.39 Å². The van der Waals surface area contributed by atoms with Crippen molar-refractivity contribution < 1.29 is 4.39 Å². The van der Waals surface area contributed by atoms with E-state index in [4.69, 9.17) is 5.73 Å². The monoisotopic (exact) mass is 187 g/mol. The third kappa shape index (κ3) is 1.52. The van der Waals surface area contributed by atoms with Gasteiger partial charge in [0.15, 0.2) is 5.67 Å². The molecule has 1 rings (SSSR count). The number of halogens is 1. The molecule has 0 aliphatic carbocycles. The summed E-state index contributed by atoms with van der Waals surface area (Å²) in [7, 11) is 0. The first-order valence-corrected chi connectivity index (χ1v) is 4.83. The van der Waals surface area contributed by atoms with Crippen LogP contribution in [0.2, 0.25) is 0 Å². The largest absolute Gasteiger partial charge is 0.325 e. The van der Waals surface area contributed by atoms with Gasteiger partial charge in [-0.1, -0.05) is 0 Å². The highest BCUT2D eigenvalue weighted by Gasteiger charge is 2.32. The Kier molecular flexibility index (Phi) is 2.54. The molecule has 1 aromatic rings. The van der Waals surface area contributed by atoms with E-state index in [1.54, 1.807) is 6.92 Å². The van der Waals surface area contributed by atoms with Crippen molar-refractivity contribution in [3.63, 3.8) is 0 Å². The molecule has 0 bridgehead atoms. The van der Waals surface area contributed by atoms with Crippen molar-refractivity contribution in [3.8, 4) is 0 Å². The van der Waals surface area contributed by atoms with Crippen molar-refractivity contribution in [2.75, 3.05) is 0 Å². The Morgan fingerprint density at radius 3 is 2.58 bits per heavy atom. The molecular weight excluding hydrogens is 173 g/mol. The van der Waals surface area contributed by atoms with Crippen LogP contribution < -0.4 is 5.73 Å². The summed E-state index contributed by atoms with van der Waals surface area (Å²) in [5.74, 6) is 0. The van der Waals surface area contributed by atoms with Crippen LogP contribution in [0.3, 0.4) is 0 Å². The fraction of sp³-hybridized carbons (Fsp3) is 0.556. The molecule has 0 radical (unpaired) electrons. The van der Waals surface area contributed by atoms with Crippen molar-refractivity contribution in [1.29, 1.82) is 0 Å². The lowest BCUT2D eigenvalue weighted by atomic mass is 9.96. The maximum atomic E-state index is 13.9.